The summed E-state index contributed by atoms with van der Waals surface area (Å²) < 4.78 is 0. The van der Waals surface area contributed by atoms with Crippen LogP contribution in [0.25, 0.3) is 10.4 Å². The minimum atomic E-state index is 0.670. The third-order valence-electron chi connectivity index (χ3n) is 1.72. The van der Waals surface area contributed by atoms with Crippen molar-refractivity contribution in [1.29, 1.82) is 0 Å². The molecule has 55 valence electrons. The number of nitrogens with zero attached hydrogens (tertiary/aromatic N) is 3. The Balaban J connectivity index is 1.80. The first-order valence-electron chi connectivity index (χ1n) is 3.77. The van der Waals surface area contributed by atoms with E-state index in [2.05, 4.69) is 16.4 Å². The molecule has 0 spiro atoms. The Hall–Kier alpha value is -0.690. The SMILES string of the molecule is [N-]=[N+]=NCCCCC1[CH]C1. The second kappa shape index (κ2) is 4.18. The molecule has 0 aromatic carbocycles. The van der Waals surface area contributed by atoms with Gasteiger partial charge in [0.1, 0.15) is 0 Å². The standard InChI is InChI=1S/C7H12N3/c8-10-9-6-2-1-3-7-4-5-7/h4,7H,1-3,5-6H2. The summed E-state index contributed by atoms with van der Waals surface area (Å²) in [5.41, 5.74) is 7.94. The first kappa shape index (κ1) is 7.42. The monoisotopic (exact) mass is 138 g/mol. The van der Waals surface area contributed by atoms with E-state index in [4.69, 9.17) is 5.53 Å². The van der Waals surface area contributed by atoms with Crippen molar-refractivity contribution < 1.29 is 0 Å². The molecule has 10 heavy (non-hydrogen) atoms. The fourth-order valence-corrected chi connectivity index (χ4v) is 0.966. The van der Waals surface area contributed by atoms with Crippen molar-refractivity contribution in [3.63, 3.8) is 0 Å². The molecule has 3 nitrogen and oxygen atoms in total. The molecule has 1 aliphatic carbocycles. The lowest BCUT2D eigenvalue weighted by Gasteiger charge is -1.92. The Bertz CT molecular complexity index is 134. The quantitative estimate of drug-likeness (QED) is 0.243. The number of hydrogen-bond donors (Lipinski definition) is 0. The average Bonchev–Trinajstić information content (AvgIpc) is 2.71. The molecule has 1 unspecified atom stereocenters. The highest BCUT2D eigenvalue weighted by Crippen LogP contribution is 2.32. The highest BCUT2D eigenvalue weighted by atomic mass is 15.1. The Kier molecular flexibility index (Phi) is 3.10. The van der Waals surface area contributed by atoms with E-state index in [-0.39, 0.29) is 0 Å². The maximum atomic E-state index is 7.94. The van der Waals surface area contributed by atoms with Crippen LogP contribution in [0.2, 0.25) is 0 Å². The largest absolute Gasteiger partial charge is 0.0940 e. The summed E-state index contributed by atoms with van der Waals surface area (Å²) in [6.45, 7) is 0.670. The van der Waals surface area contributed by atoms with E-state index in [1.165, 1.54) is 19.3 Å². The fourth-order valence-electron chi connectivity index (χ4n) is 0.966. The Labute approximate surface area is 61.1 Å². The van der Waals surface area contributed by atoms with Gasteiger partial charge in [-0.2, -0.15) is 0 Å². The summed E-state index contributed by atoms with van der Waals surface area (Å²) in [5.74, 6) is 0.895. The molecular formula is C7H12N3. The third kappa shape index (κ3) is 3.36. The Morgan fingerprint density at radius 1 is 1.60 bits per heavy atom. The van der Waals surface area contributed by atoms with Gasteiger partial charge in [-0.3, -0.25) is 0 Å². The zero-order valence-electron chi connectivity index (χ0n) is 6.03. The predicted molar refractivity (Wildman–Crippen MR) is 40.3 cm³/mol. The number of azide groups is 1. The average molecular weight is 138 g/mol. The van der Waals surface area contributed by atoms with Crippen LogP contribution in [-0.2, 0) is 0 Å². The first-order chi connectivity index (χ1) is 4.93. The van der Waals surface area contributed by atoms with Crippen molar-refractivity contribution in [2.75, 3.05) is 6.54 Å². The van der Waals surface area contributed by atoms with Crippen LogP contribution in [-0.4, -0.2) is 6.54 Å². The van der Waals surface area contributed by atoms with Crippen LogP contribution in [0.3, 0.4) is 0 Å². The molecule has 0 aliphatic heterocycles. The van der Waals surface area contributed by atoms with Gasteiger partial charge in [-0.15, -0.1) is 0 Å². The number of rotatable bonds is 5. The molecule has 1 fully saturated rings. The van der Waals surface area contributed by atoms with Gasteiger partial charge in [0.2, 0.25) is 0 Å². The Morgan fingerprint density at radius 2 is 2.40 bits per heavy atom. The van der Waals surface area contributed by atoms with Crippen LogP contribution in [0.4, 0.5) is 0 Å². The number of unbranched alkanes of at least 4 members (excludes halogenated alkanes) is 1. The van der Waals surface area contributed by atoms with Gasteiger partial charge in [-0.1, -0.05) is 18.0 Å². The Morgan fingerprint density at radius 3 is 3.00 bits per heavy atom. The number of hydrogen-bond acceptors (Lipinski definition) is 1. The van der Waals surface area contributed by atoms with Gasteiger partial charge in [0, 0.05) is 11.5 Å². The molecule has 0 N–H and O–H groups in total. The lowest BCUT2D eigenvalue weighted by molar-refractivity contribution is 0.645. The van der Waals surface area contributed by atoms with E-state index in [0.29, 0.717) is 6.54 Å². The van der Waals surface area contributed by atoms with Gasteiger partial charge in [-0.05, 0) is 30.7 Å². The summed E-state index contributed by atoms with van der Waals surface area (Å²) in [6, 6.07) is 0. The zero-order valence-corrected chi connectivity index (χ0v) is 6.03. The second-order valence-electron chi connectivity index (χ2n) is 2.68. The van der Waals surface area contributed by atoms with Crippen molar-refractivity contribution in [3.8, 4) is 0 Å². The molecule has 1 radical (unpaired) electrons. The van der Waals surface area contributed by atoms with E-state index in [9.17, 15) is 0 Å². The van der Waals surface area contributed by atoms with Crippen molar-refractivity contribution in [2.45, 2.75) is 25.7 Å². The van der Waals surface area contributed by atoms with Crippen LogP contribution in [0.1, 0.15) is 25.7 Å². The molecule has 1 rings (SSSR count). The molecule has 1 atom stereocenters. The topological polar surface area (TPSA) is 48.8 Å². The van der Waals surface area contributed by atoms with Crippen LogP contribution in [0.5, 0.6) is 0 Å². The maximum Gasteiger partial charge on any atom is 0.0257 e. The fraction of sp³-hybridized carbons (Fsp3) is 0.857. The van der Waals surface area contributed by atoms with E-state index in [1.807, 2.05) is 0 Å². The van der Waals surface area contributed by atoms with Crippen LogP contribution < -0.4 is 0 Å². The van der Waals surface area contributed by atoms with E-state index in [0.717, 1.165) is 12.3 Å². The molecule has 3 heteroatoms. The van der Waals surface area contributed by atoms with Gasteiger partial charge >= 0.3 is 0 Å². The molecule has 0 heterocycles. The van der Waals surface area contributed by atoms with Gasteiger partial charge in [0.25, 0.3) is 0 Å². The first-order valence-corrected chi connectivity index (χ1v) is 3.77. The van der Waals surface area contributed by atoms with E-state index >= 15 is 0 Å². The molecule has 1 saturated carbocycles. The van der Waals surface area contributed by atoms with Crippen LogP contribution >= 0.6 is 0 Å². The summed E-state index contributed by atoms with van der Waals surface area (Å²) in [7, 11) is 0. The summed E-state index contributed by atoms with van der Waals surface area (Å²) in [5, 5.41) is 3.46. The van der Waals surface area contributed by atoms with E-state index < -0.39 is 0 Å². The lowest BCUT2D eigenvalue weighted by Crippen LogP contribution is -1.81. The van der Waals surface area contributed by atoms with Crippen molar-refractivity contribution in [1.82, 2.24) is 0 Å². The second-order valence-corrected chi connectivity index (χ2v) is 2.68. The lowest BCUT2D eigenvalue weighted by atomic mass is 10.2. The van der Waals surface area contributed by atoms with Gasteiger partial charge < -0.3 is 0 Å². The third-order valence-corrected chi connectivity index (χ3v) is 1.72. The van der Waals surface area contributed by atoms with Gasteiger partial charge in [0.05, 0.1) is 0 Å². The van der Waals surface area contributed by atoms with Gasteiger partial charge in [0.15, 0.2) is 0 Å². The van der Waals surface area contributed by atoms with Crippen molar-refractivity contribution >= 4 is 0 Å². The molecule has 1 aliphatic rings. The molecule has 0 saturated heterocycles. The summed E-state index contributed by atoms with van der Waals surface area (Å²) in [6.07, 6.45) is 7.19. The molecule has 0 aromatic heterocycles. The van der Waals surface area contributed by atoms with Crippen LogP contribution in [0, 0.1) is 12.3 Å². The van der Waals surface area contributed by atoms with Crippen LogP contribution in [0.15, 0.2) is 5.11 Å². The molecule has 0 bridgehead atoms. The normalized spacial score (nSPS) is 16.4. The highest BCUT2D eigenvalue weighted by molar-refractivity contribution is 4.93. The minimum absolute atomic E-state index is 0.670. The minimum Gasteiger partial charge on any atom is -0.0940 e. The van der Waals surface area contributed by atoms with Gasteiger partial charge in [-0.25, -0.2) is 0 Å². The summed E-state index contributed by atoms with van der Waals surface area (Å²) in [4.78, 5) is 2.69. The smallest absolute Gasteiger partial charge is 0.0257 e. The molecule has 0 amide bonds. The summed E-state index contributed by atoms with van der Waals surface area (Å²) >= 11 is 0. The highest BCUT2D eigenvalue weighted by Gasteiger charge is 2.20. The van der Waals surface area contributed by atoms with Crippen molar-refractivity contribution in [2.24, 2.45) is 11.0 Å². The molecular weight excluding hydrogens is 126 g/mol. The predicted octanol–water partition coefficient (Wildman–Crippen LogP) is 2.69. The van der Waals surface area contributed by atoms with Crippen molar-refractivity contribution in [3.05, 3.63) is 16.9 Å². The van der Waals surface area contributed by atoms with E-state index in [1.54, 1.807) is 0 Å². The molecule has 0 aromatic rings. The zero-order chi connectivity index (χ0) is 7.23. The maximum absolute atomic E-state index is 7.94.